The lowest BCUT2D eigenvalue weighted by Gasteiger charge is -2.12. The summed E-state index contributed by atoms with van der Waals surface area (Å²) >= 11 is 6.48. The molecule has 128 valence electrons. The van der Waals surface area contributed by atoms with Crippen LogP contribution in [0.1, 0.15) is 0 Å². The number of alkyl halides is 3. The molecule has 0 heterocycles. The van der Waals surface area contributed by atoms with Gasteiger partial charge < -0.3 is 15.4 Å². The summed E-state index contributed by atoms with van der Waals surface area (Å²) in [5, 5.41) is 4.69. The molecule has 0 fully saturated rings. The molecule has 0 saturated carbocycles. The van der Waals surface area contributed by atoms with Gasteiger partial charge in [0.1, 0.15) is 11.6 Å². The summed E-state index contributed by atoms with van der Waals surface area (Å²) in [6.45, 7) is 0. The zero-order valence-corrected chi connectivity index (χ0v) is 14.7. The van der Waals surface area contributed by atoms with Gasteiger partial charge in [-0.25, -0.2) is 9.18 Å². The van der Waals surface area contributed by atoms with E-state index in [4.69, 9.17) is 0 Å². The van der Waals surface area contributed by atoms with Crippen molar-refractivity contribution in [1.29, 1.82) is 0 Å². The zero-order valence-electron chi connectivity index (χ0n) is 11.5. The van der Waals surface area contributed by atoms with Gasteiger partial charge in [0.2, 0.25) is 0 Å². The largest absolute Gasteiger partial charge is 0.573 e. The summed E-state index contributed by atoms with van der Waals surface area (Å²) in [6, 6.07) is 6.47. The molecule has 2 N–H and O–H groups in total. The normalized spacial score (nSPS) is 11.1. The van der Waals surface area contributed by atoms with Gasteiger partial charge in [-0.3, -0.25) is 0 Å². The summed E-state index contributed by atoms with van der Waals surface area (Å²) in [7, 11) is 0. The van der Waals surface area contributed by atoms with E-state index in [1.54, 1.807) is 18.2 Å². The van der Waals surface area contributed by atoms with Gasteiger partial charge >= 0.3 is 12.4 Å². The van der Waals surface area contributed by atoms with E-state index in [0.29, 0.717) is 20.7 Å². The molecule has 0 spiro atoms. The van der Waals surface area contributed by atoms with Crippen molar-refractivity contribution in [2.75, 3.05) is 10.6 Å². The lowest BCUT2D eigenvalue weighted by Crippen LogP contribution is -2.20. The van der Waals surface area contributed by atoms with Crippen LogP contribution in [-0.2, 0) is 0 Å². The van der Waals surface area contributed by atoms with Crippen LogP contribution in [0.2, 0.25) is 0 Å². The summed E-state index contributed by atoms with van der Waals surface area (Å²) in [6.07, 6.45) is -4.96. The molecular weight excluding hydrogens is 464 g/mol. The number of hydrogen-bond acceptors (Lipinski definition) is 2. The number of halogens is 6. The SMILES string of the molecule is O=C(Nc1cc(Br)cc(Br)c1)Nc1cc(F)cc(OC(F)(F)F)c1. The van der Waals surface area contributed by atoms with Crippen LogP contribution in [0.15, 0.2) is 45.3 Å². The first kappa shape index (κ1) is 18.5. The Bertz CT molecular complexity index is 749. The maximum absolute atomic E-state index is 13.4. The van der Waals surface area contributed by atoms with E-state index in [9.17, 15) is 22.4 Å². The molecule has 10 heteroatoms. The van der Waals surface area contributed by atoms with Crippen molar-refractivity contribution in [1.82, 2.24) is 0 Å². The Morgan fingerprint density at radius 1 is 0.917 bits per heavy atom. The lowest BCUT2D eigenvalue weighted by atomic mass is 10.3. The van der Waals surface area contributed by atoms with Crippen molar-refractivity contribution >= 4 is 49.3 Å². The highest BCUT2D eigenvalue weighted by molar-refractivity contribution is 9.11. The van der Waals surface area contributed by atoms with E-state index >= 15 is 0 Å². The van der Waals surface area contributed by atoms with Gasteiger partial charge in [-0.15, -0.1) is 13.2 Å². The topological polar surface area (TPSA) is 50.4 Å². The summed E-state index contributed by atoms with van der Waals surface area (Å²) in [4.78, 5) is 11.9. The van der Waals surface area contributed by atoms with E-state index in [2.05, 4.69) is 47.2 Å². The van der Waals surface area contributed by atoms with Crippen molar-refractivity contribution < 1.29 is 27.1 Å². The molecule has 2 amide bonds. The van der Waals surface area contributed by atoms with Crippen LogP contribution in [0.5, 0.6) is 5.75 Å². The Morgan fingerprint density at radius 3 is 2.00 bits per heavy atom. The number of carbonyl (C=O) groups is 1. The van der Waals surface area contributed by atoms with Crippen LogP contribution >= 0.6 is 31.9 Å². The van der Waals surface area contributed by atoms with Crippen LogP contribution in [0, 0.1) is 5.82 Å². The summed E-state index contributed by atoms with van der Waals surface area (Å²) in [5.74, 6) is -1.76. The Hall–Kier alpha value is -1.81. The molecule has 0 unspecified atom stereocenters. The molecule has 0 atom stereocenters. The minimum Gasteiger partial charge on any atom is -0.406 e. The third-order valence-electron chi connectivity index (χ3n) is 2.48. The quantitative estimate of drug-likeness (QED) is 0.548. The number of amides is 2. The molecule has 0 aromatic heterocycles. The predicted molar refractivity (Wildman–Crippen MR) is 87.6 cm³/mol. The Labute approximate surface area is 150 Å². The number of ether oxygens (including phenoxy) is 1. The van der Waals surface area contributed by atoms with E-state index in [1.165, 1.54) is 0 Å². The fraction of sp³-hybridized carbons (Fsp3) is 0.0714. The average Bonchev–Trinajstić information content (AvgIpc) is 2.33. The van der Waals surface area contributed by atoms with Crippen molar-refractivity contribution in [2.24, 2.45) is 0 Å². The van der Waals surface area contributed by atoms with Gasteiger partial charge in [0.05, 0.1) is 0 Å². The minimum atomic E-state index is -4.96. The lowest BCUT2D eigenvalue weighted by molar-refractivity contribution is -0.274. The Morgan fingerprint density at radius 2 is 1.46 bits per heavy atom. The molecular formula is C14H8Br2F4N2O2. The molecule has 0 aliphatic rings. The number of benzene rings is 2. The van der Waals surface area contributed by atoms with Crippen LogP contribution in [0.25, 0.3) is 0 Å². The molecule has 0 radical (unpaired) electrons. The van der Waals surface area contributed by atoms with Crippen LogP contribution in [-0.4, -0.2) is 12.4 Å². The monoisotopic (exact) mass is 470 g/mol. The number of carbonyl (C=O) groups excluding carboxylic acids is 1. The summed E-state index contributed by atoms with van der Waals surface area (Å²) < 4.78 is 54.9. The fourth-order valence-electron chi connectivity index (χ4n) is 1.75. The molecule has 2 aromatic rings. The van der Waals surface area contributed by atoms with Gasteiger partial charge in [-0.2, -0.15) is 0 Å². The molecule has 0 aliphatic heterocycles. The highest BCUT2D eigenvalue weighted by atomic mass is 79.9. The number of anilines is 2. The second-order valence-electron chi connectivity index (χ2n) is 4.46. The van der Waals surface area contributed by atoms with Gasteiger partial charge in [-0.05, 0) is 24.3 Å². The molecule has 0 aliphatic carbocycles. The fourth-order valence-corrected chi connectivity index (χ4v) is 3.04. The smallest absolute Gasteiger partial charge is 0.406 e. The first-order valence-corrected chi connectivity index (χ1v) is 7.80. The molecule has 2 aromatic carbocycles. The minimum absolute atomic E-state index is 0.194. The molecule has 4 nitrogen and oxygen atoms in total. The number of hydrogen-bond donors (Lipinski definition) is 2. The summed E-state index contributed by atoms with van der Waals surface area (Å²) in [5.41, 5.74) is 0.220. The van der Waals surface area contributed by atoms with E-state index < -0.39 is 24.0 Å². The second-order valence-corrected chi connectivity index (χ2v) is 6.29. The van der Waals surface area contributed by atoms with Crippen molar-refractivity contribution in [3.63, 3.8) is 0 Å². The first-order chi connectivity index (χ1) is 11.1. The van der Waals surface area contributed by atoms with Crippen LogP contribution < -0.4 is 15.4 Å². The number of rotatable bonds is 3. The standard InChI is InChI=1S/C14H8Br2F4N2O2/c15-7-1-8(16)3-10(2-7)21-13(23)22-11-4-9(17)5-12(6-11)24-14(18,19)20/h1-6H,(H2,21,22,23). The van der Waals surface area contributed by atoms with E-state index in [1.807, 2.05) is 0 Å². The van der Waals surface area contributed by atoms with Gasteiger partial charge in [0.25, 0.3) is 0 Å². The van der Waals surface area contributed by atoms with E-state index in [0.717, 1.165) is 12.1 Å². The third-order valence-corrected chi connectivity index (χ3v) is 3.40. The van der Waals surface area contributed by atoms with Crippen molar-refractivity contribution in [2.45, 2.75) is 6.36 Å². The first-order valence-electron chi connectivity index (χ1n) is 6.21. The van der Waals surface area contributed by atoms with Crippen molar-refractivity contribution in [3.8, 4) is 5.75 Å². The van der Waals surface area contributed by atoms with Crippen molar-refractivity contribution in [3.05, 3.63) is 51.2 Å². The second kappa shape index (κ2) is 7.39. The molecule has 0 saturated heterocycles. The highest BCUT2D eigenvalue weighted by Gasteiger charge is 2.31. The molecule has 2 rings (SSSR count). The molecule has 0 bridgehead atoms. The maximum Gasteiger partial charge on any atom is 0.573 e. The highest BCUT2D eigenvalue weighted by Crippen LogP contribution is 2.27. The van der Waals surface area contributed by atoms with Gasteiger partial charge in [-0.1, -0.05) is 31.9 Å². The van der Waals surface area contributed by atoms with Crippen LogP contribution in [0.3, 0.4) is 0 Å². The Balaban J connectivity index is 2.11. The average molecular weight is 472 g/mol. The van der Waals surface area contributed by atoms with Crippen LogP contribution in [0.4, 0.5) is 33.7 Å². The van der Waals surface area contributed by atoms with Gasteiger partial charge in [0, 0.05) is 32.5 Å². The van der Waals surface area contributed by atoms with E-state index in [-0.39, 0.29) is 5.69 Å². The van der Waals surface area contributed by atoms with Gasteiger partial charge in [0.15, 0.2) is 0 Å². The Kier molecular flexibility index (Phi) is 5.70. The predicted octanol–water partition coefficient (Wildman–Crippen LogP) is 5.89. The maximum atomic E-state index is 13.4. The number of urea groups is 1. The molecule has 24 heavy (non-hydrogen) atoms. The third kappa shape index (κ3) is 6.00. The number of nitrogens with one attached hydrogen (secondary N) is 2. The zero-order chi connectivity index (χ0) is 17.9.